The Balaban J connectivity index is 2.87. The molecular formula is C10H8FNO. The summed E-state index contributed by atoms with van der Waals surface area (Å²) < 4.78 is 15.3. The Morgan fingerprint density at radius 1 is 1.38 bits per heavy atom. The number of fused-ring (bicyclic) bond motifs is 1. The van der Waals surface area contributed by atoms with Crippen LogP contribution < -0.4 is 0 Å². The summed E-state index contributed by atoms with van der Waals surface area (Å²) in [4.78, 5) is 10.4. The summed E-state index contributed by atoms with van der Waals surface area (Å²) in [6.07, 6.45) is 2.30. The number of carbonyl (C=O) groups excluding carboxylic acids is 1. The Morgan fingerprint density at radius 2 is 2.15 bits per heavy atom. The van der Waals surface area contributed by atoms with Gasteiger partial charge in [-0.3, -0.25) is 4.79 Å². The molecule has 0 fully saturated rings. The molecule has 0 saturated heterocycles. The molecule has 1 aromatic heterocycles. The summed E-state index contributed by atoms with van der Waals surface area (Å²) >= 11 is 0. The number of rotatable bonds is 1. The van der Waals surface area contributed by atoms with E-state index in [9.17, 15) is 9.18 Å². The van der Waals surface area contributed by atoms with Gasteiger partial charge in [0.05, 0.1) is 11.1 Å². The van der Waals surface area contributed by atoms with Gasteiger partial charge >= 0.3 is 0 Å². The lowest BCUT2D eigenvalue weighted by molar-refractivity contribution is 0.112. The van der Waals surface area contributed by atoms with Gasteiger partial charge in [0.15, 0.2) is 6.29 Å². The van der Waals surface area contributed by atoms with Gasteiger partial charge in [0.25, 0.3) is 0 Å². The van der Waals surface area contributed by atoms with E-state index in [1.54, 1.807) is 18.3 Å². The van der Waals surface area contributed by atoms with Crippen LogP contribution in [0.3, 0.4) is 0 Å². The molecule has 3 heteroatoms. The molecule has 0 saturated carbocycles. The smallest absolute Gasteiger partial charge is 0.153 e. The van der Waals surface area contributed by atoms with Crippen LogP contribution in [0.2, 0.25) is 0 Å². The largest absolute Gasteiger partial charge is 0.350 e. The summed E-state index contributed by atoms with van der Waals surface area (Å²) in [6.45, 7) is 0. The van der Waals surface area contributed by atoms with E-state index in [1.807, 2.05) is 11.6 Å². The quantitative estimate of drug-likeness (QED) is 0.611. The van der Waals surface area contributed by atoms with Crippen LogP contribution in [0.1, 0.15) is 10.4 Å². The van der Waals surface area contributed by atoms with Crippen molar-refractivity contribution < 1.29 is 9.18 Å². The number of aldehydes is 1. The SMILES string of the molecule is Cn1ccc2c(F)c(C=O)ccc21. The lowest BCUT2D eigenvalue weighted by Crippen LogP contribution is -1.90. The zero-order valence-corrected chi connectivity index (χ0v) is 7.12. The first-order chi connectivity index (χ1) is 6.24. The number of benzene rings is 1. The molecule has 2 aromatic rings. The first kappa shape index (κ1) is 7.98. The van der Waals surface area contributed by atoms with Crippen LogP contribution in [0.25, 0.3) is 10.9 Å². The van der Waals surface area contributed by atoms with Crippen molar-refractivity contribution in [3.63, 3.8) is 0 Å². The fourth-order valence-electron chi connectivity index (χ4n) is 1.42. The van der Waals surface area contributed by atoms with Gasteiger partial charge in [-0.25, -0.2) is 4.39 Å². The molecule has 66 valence electrons. The molecule has 0 atom stereocenters. The maximum atomic E-state index is 13.4. The zero-order valence-electron chi connectivity index (χ0n) is 7.12. The fourth-order valence-corrected chi connectivity index (χ4v) is 1.42. The van der Waals surface area contributed by atoms with E-state index < -0.39 is 5.82 Å². The van der Waals surface area contributed by atoms with Gasteiger partial charge in [0, 0.05) is 18.6 Å². The molecule has 0 radical (unpaired) electrons. The van der Waals surface area contributed by atoms with E-state index in [0.29, 0.717) is 11.7 Å². The molecule has 0 unspecified atom stereocenters. The highest BCUT2D eigenvalue weighted by atomic mass is 19.1. The van der Waals surface area contributed by atoms with E-state index in [0.717, 1.165) is 5.52 Å². The summed E-state index contributed by atoms with van der Waals surface area (Å²) in [5.41, 5.74) is 0.904. The number of halogens is 1. The van der Waals surface area contributed by atoms with Crippen molar-refractivity contribution in [2.75, 3.05) is 0 Å². The summed E-state index contributed by atoms with van der Waals surface area (Å²) in [6, 6.07) is 4.89. The summed E-state index contributed by atoms with van der Waals surface area (Å²) in [5.74, 6) is -0.437. The molecule has 0 aliphatic rings. The van der Waals surface area contributed by atoms with Gasteiger partial charge in [0.2, 0.25) is 0 Å². The van der Waals surface area contributed by atoms with E-state index in [2.05, 4.69) is 0 Å². The minimum Gasteiger partial charge on any atom is -0.350 e. The Morgan fingerprint density at radius 3 is 2.85 bits per heavy atom. The molecule has 0 spiro atoms. The minimum atomic E-state index is -0.437. The maximum Gasteiger partial charge on any atom is 0.153 e. The van der Waals surface area contributed by atoms with Crippen molar-refractivity contribution in [1.82, 2.24) is 4.57 Å². The van der Waals surface area contributed by atoms with Crippen molar-refractivity contribution in [3.05, 3.63) is 35.8 Å². The van der Waals surface area contributed by atoms with Gasteiger partial charge in [0.1, 0.15) is 5.82 Å². The van der Waals surface area contributed by atoms with Crippen LogP contribution in [-0.2, 0) is 7.05 Å². The molecule has 2 nitrogen and oxygen atoms in total. The third-order valence-electron chi connectivity index (χ3n) is 2.16. The number of hydrogen-bond acceptors (Lipinski definition) is 1. The summed E-state index contributed by atoms with van der Waals surface area (Å²) in [5, 5.41) is 0.493. The fraction of sp³-hybridized carbons (Fsp3) is 0.100. The summed E-state index contributed by atoms with van der Waals surface area (Å²) in [7, 11) is 1.84. The van der Waals surface area contributed by atoms with Gasteiger partial charge in [-0.2, -0.15) is 0 Å². The van der Waals surface area contributed by atoms with Gasteiger partial charge < -0.3 is 4.57 Å². The predicted molar refractivity (Wildman–Crippen MR) is 48.3 cm³/mol. The second-order valence-corrected chi connectivity index (χ2v) is 2.95. The first-order valence-corrected chi connectivity index (χ1v) is 3.93. The van der Waals surface area contributed by atoms with Crippen LogP contribution in [0, 0.1) is 5.82 Å². The van der Waals surface area contributed by atoms with Crippen molar-refractivity contribution >= 4 is 17.2 Å². The Labute approximate surface area is 74.6 Å². The Kier molecular flexibility index (Phi) is 1.65. The number of aromatic nitrogens is 1. The van der Waals surface area contributed by atoms with Crippen LogP contribution in [0.5, 0.6) is 0 Å². The van der Waals surface area contributed by atoms with Gasteiger partial charge in [-0.15, -0.1) is 0 Å². The van der Waals surface area contributed by atoms with Crippen LogP contribution in [0.4, 0.5) is 4.39 Å². The van der Waals surface area contributed by atoms with Crippen LogP contribution in [0.15, 0.2) is 24.4 Å². The highest BCUT2D eigenvalue weighted by Gasteiger charge is 2.07. The predicted octanol–water partition coefficient (Wildman–Crippen LogP) is 2.13. The molecule has 0 bridgehead atoms. The van der Waals surface area contributed by atoms with Crippen LogP contribution in [-0.4, -0.2) is 10.9 Å². The second-order valence-electron chi connectivity index (χ2n) is 2.95. The van der Waals surface area contributed by atoms with Gasteiger partial charge in [-0.1, -0.05) is 0 Å². The monoisotopic (exact) mass is 177 g/mol. The van der Waals surface area contributed by atoms with E-state index in [-0.39, 0.29) is 5.56 Å². The molecule has 0 N–H and O–H groups in total. The highest BCUT2D eigenvalue weighted by Crippen LogP contribution is 2.20. The van der Waals surface area contributed by atoms with Crippen molar-refractivity contribution in [2.24, 2.45) is 7.05 Å². The number of carbonyl (C=O) groups is 1. The lowest BCUT2D eigenvalue weighted by Gasteiger charge is -1.98. The highest BCUT2D eigenvalue weighted by molar-refractivity contribution is 5.88. The molecule has 2 rings (SSSR count). The standard InChI is InChI=1S/C10H8FNO/c1-12-5-4-8-9(12)3-2-7(6-13)10(8)11/h2-6H,1H3. The topological polar surface area (TPSA) is 22.0 Å². The van der Waals surface area contributed by atoms with Gasteiger partial charge in [-0.05, 0) is 18.2 Å². The lowest BCUT2D eigenvalue weighted by atomic mass is 10.1. The Bertz CT molecular complexity index is 473. The maximum absolute atomic E-state index is 13.4. The normalized spacial score (nSPS) is 10.6. The Hall–Kier alpha value is -1.64. The van der Waals surface area contributed by atoms with Crippen LogP contribution >= 0.6 is 0 Å². The molecular weight excluding hydrogens is 169 g/mol. The minimum absolute atomic E-state index is 0.110. The van der Waals surface area contributed by atoms with E-state index in [1.165, 1.54) is 6.07 Å². The molecule has 13 heavy (non-hydrogen) atoms. The van der Waals surface area contributed by atoms with Crippen molar-refractivity contribution in [1.29, 1.82) is 0 Å². The van der Waals surface area contributed by atoms with E-state index >= 15 is 0 Å². The second kappa shape index (κ2) is 2.69. The van der Waals surface area contributed by atoms with Crippen molar-refractivity contribution in [3.8, 4) is 0 Å². The molecule has 0 aliphatic carbocycles. The third-order valence-corrected chi connectivity index (χ3v) is 2.16. The van der Waals surface area contributed by atoms with Crippen molar-refractivity contribution in [2.45, 2.75) is 0 Å². The average molecular weight is 177 g/mol. The first-order valence-electron chi connectivity index (χ1n) is 3.93. The zero-order chi connectivity index (χ0) is 9.42. The number of aryl methyl sites for hydroxylation is 1. The average Bonchev–Trinajstić information content (AvgIpc) is 2.50. The number of hydrogen-bond donors (Lipinski definition) is 0. The number of nitrogens with zero attached hydrogens (tertiary/aromatic N) is 1. The van der Waals surface area contributed by atoms with E-state index in [4.69, 9.17) is 0 Å². The molecule has 1 aromatic carbocycles. The molecule has 0 amide bonds. The third kappa shape index (κ3) is 1.04. The molecule has 1 heterocycles. The molecule has 0 aliphatic heterocycles.